The zero-order chi connectivity index (χ0) is 28.5. The number of ether oxygens (including phenoxy) is 2. The van der Waals surface area contributed by atoms with Crippen LogP contribution >= 0.6 is 11.6 Å². The van der Waals surface area contributed by atoms with Crippen molar-refractivity contribution < 1.29 is 28.2 Å². The van der Waals surface area contributed by atoms with Crippen molar-refractivity contribution in [2.24, 2.45) is 11.3 Å². The zero-order valence-corrected chi connectivity index (χ0v) is 23.6. The van der Waals surface area contributed by atoms with Crippen LogP contribution in [0.2, 0.25) is 5.02 Å². The number of rotatable bonds is 7. The Morgan fingerprint density at radius 2 is 1.75 bits per heavy atom. The number of likely N-dealkylation sites (tertiary alicyclic amines) is 1. The minimum Gasteiger partial charge on any atom is -0.410 e. The van der Waals surface area contributed by atoms with Crippen LogP contribution in [0, 0.1) is 17.2 Å². The highest BCUT2D eigenvalue weighted by atomic mass is 35.5. The first-order valence-electron chi connectivity index (χ1n) is 13.8. The monoisotopic (exact) mass is 571 g/mol. The first-order valence-corrected chi connectivity index (χ1v) is 14.2. The topological polar surface area (TPSA) is 88.2 Å². The van der Waals surface area contributed by atoms with Crippen LogP contribution in [0.15, 0.2) is 48.5 Å². The molecule has 0 bridgehead atoms. The van der Waals surface area contributed by atoms with E-state index in [-0.39, 0.29) is 42.4 Å². The molecule has 1 N–H and O–H groups in total. The van der Waals surface area contributed by atoms with Gasteiger partial charge in [-0.05, 0) is 68.7 Å². The van der Waals surface area contributed by atoms with E-state index in [9.17, 15) is 18.8 Å². The number of carbonyl (C=O) groups is 3. The molecule has 10 heteroatoms. The average Bonchev–Trinajstić information content (AvgIpc) is 3.38. The molecule has 5 rings (SSSR count). The lowest BCUT2D eigenvalue weighted by molar-refractivity contribution is -0.170. The summed E-state index contributed by atoms with van der Waals surface area (Å²) in [7, 11) is 0. The minimum atomic E-state index is -1.22. The number of ketones is 1. The molecule has 2 atom stereocenters. The minimum absolute atomic E-state index is 0.0411. The van der Waals surface area contributed by atoms with Crippen LogP contribution in [-0.4, -0.2) is 79.1 Å². The third kappa shape index (κ3) is 5.22. The molecule has 0 radical (unpaired) electrons. The number of halogens is 2. The number of nitrogens with zero attached hydrogens (tertiary/aromatic N) is 2. The molecular formula is C30H35ClFN3O5. The van der Waals surface area contributed by atoms with E-state index < -0.39 is 22.9 Å². The van der Waals surface area contributed by atoms with Gasteiger partial charge < -0.3 is 19.7 Å². The molecule has 0 saturated carbocycles. The van der Waals surface area contributed by atoms with Crippen molar-refractivity contribution in [2.75, 3.05) is 45.9 Å². The lowest BCUT2D eigenvalue weighted by Gasteiger charge is -2.46. The van der Waals surface area contributed by atoms with Crippen LogP contribution in [0.3, 0.4) is 0 Å². The number of Topliss-reactive ketones (excluding diaryl/α,β-unsaturated/α-hetero) is 1. The third-order valence-electron chi connectivity index (χ3n) is 8.57. The fourth-order valence-corrected chi connectivity index (χ4v) is 6.43. The number of likely N-dealkylation sites (N-methyl/N-ethyl adjacent to an activating group) is 1. The highest BCUT2D eigenvalue weighted by Gasteiger charge is 2.57. The summed E-state index contributed by atoms with van der Waals surface area (Å²) in [6, 6.07) is 12.6. The standard InChI is InChI=1S/C30H35ClFN3O5/c1-3-35(28(38)40-24-10-8-23(32)9-11-24)30(17-33-16-25(30)20-4-6-22(31)7-5-20)26(36)21-12-14-34(15-13-21)27(37)29(2)18-39-19-29/h4-11,21,25,33H,3,12-19H2,1-2H3/t25-,30+/m0/s1. The summed E-state index contributed by atoms with van der Waals surface area (Å²) >= 11 is 6.17. The smallest absolute Gasteiger partial charge is 0.410 e. The molecule has 214 valence electrons. The first kappa shape index (κ1) is 28.5. The lowest BCUT2D eigenvalue weighted by Crippen LogP contribution is -2.64. The third-order valence-corrected chi connectivity index (χ3v) is 8.82. The molecule has 2 aromatic carbocycles. The van der Waals surface area contributed by atoms with Gasteiger partial charge in [-0.1, -0.05) is 23.7 Å². The van der Waals surface area contributed by atoms with Crippen molar-refractivity contribution in [3.63, 3.8) is 0 Å². The molecule has 3 saturated heterocycles. The number of nitrogens with one attached hydrogen (secondary N) is 1. The summed E-state index contributed by atoms with van der Waals surface area (Å²) in [6.45, 7) is 6.52. The van der Waals surface area contributed by atoms with E-state index in [2.05, 4.69) is 5.32 Å². The van der Waals surface area contributed by atoms with Gasteiger partial charge in [0, 0.05) is 49.6 Å². The van der Waals surface area contributed by atoms with Crippen LogP contribution < -0.4 is 10.1 Å². The van der Waals surface area contributed by atoms with Crippen molar-refractivity contribution in [3.8, 4) is 5.75 Å². The normalized spacial score (nSPS) is 24.3. The number of piperidine rings is 1. The van der Waals surface area contributed by atoms with Crippen molar-refractivity contribution in [1.82, 2.24) is 15.1 Å². The second-order valence-electron chi connectivity index (χ2n) is 11.2. The Morgan fingerprint density at radius 1 is 1.10 bits per heavy atom. The van der Waals surface area contributed by atoms with Crippen molar-refractivity contribution >= 4 is 29.4 Å². The molecule has 3 heterocycles. The number of amides is 2. The van der Waals surface area contributed by atoms with Crippen molar-refractivity contribution in [1.29, 1.82) is 0 Å². The Morgan fingerprint density at radius 3 is 2.33 bits per heavy atom. The SMILES string of the molecule is CCN(C(=O)Oc1ccc(F)cc1)[C@]1(C(=O)C2CCN(C(=O)C3(C)COC3)CC2)CNC[C@H]1c1ccc(Cl)cc1. The average molecular weight is 572 g/mol. The molecule has 0 unspecified atom stereocenters. The van der Waals surface area contributed by atoms with E-state index in [0.717, 1.165) is 5.56 Å². The number of carbonyl (C=O) groups excluding carboxylic acids is 3. The van der Waals surface area contributed by atoms with Gasteiger partial charge in [-0.25, -0.2) is 9.18 Å². The maximum absolute atomic E-state index is 14.6. The molecule has 40 heavy (non-hydrogen) atoms. The lowest BCUT2D eigenvalue weighted by atomic mass is 9.71. The molecule has 0 aliphatic carbocycles. The maximum atomic E-state index is 14.6. The molecule has 2 aromatic rings. The van der Waals surface area contributed by atoms with E-state index in [1.165, 1.54) is 29.2 Å². The van der Waals surface area contributed by atoms with Gasteiger partial charge in [-0.15, -0.1) is 0 Å². The molecule has 3 aliphatic heterocycles. The Labute approximate surface area is 238 Å². The maximum Gasteiger partial charge on any atom is 0.416 e. The van der Waals surface area contributed by atoms with Gasteiger partial charge in [0.1, 0.15) is 17.1 Å². The molecular weight excluding hydrogens is 537 g/mol. The van der Waals surface area contributed by atoms with Gasteiger partial charge in [-0.3, -0.25) is 14.5 Å². The van der Waals surface area contributed by atoms with E-state index in [1.807, 2.05) is 30.9 Å². The fourth-order valence-electron chi connectivity index (χ4n) is 6.31. The highest BCUT2D eigenvalue weighted by Crippen LogP contribution is 2.42. The predicted octanol–water partition coefficient (Wildman–Crippen LogP) is 4.27. The summed E-state index contributed by atoms with van der Waals surface area (Å²) in [5.74, 6) is -0.896. The van der Waals surface area contributed by atoms with Crippen LogP contribution in [0.25, 0.3) is 0 Å². The van der Waals surface area contributed by atoms with Crippen molar-refractivity contribution in [3.05, 3.63) is 64.9 Å². The van der Waals surface area contributed by atoms with Crippen LogP contribution in [0.1, 0.15) is 38.2 Å². The summed E-state index contributed by atoms with van der Waals surface area (Å²) in [5.41, 5.74) is -0.818. The summed E-state index contributed by atoms with van der Waals surface area (Å²) in [5, 5.41) is 3.95. The number of hydrogen-bond acceptors (Lipinski definition) is 6. The van der Waals surface area contributed by atoms with E-state index >= 15 is 0 Å². The molecule has 0 aromatic heterocycles. The van der Waals surface area contributed by atoms with Crippen molar-refractivity contribution in [2.45, 2.75) is 38.1 Å². The predicted molar refractivity (Wildman–Crippen MR) is 148 cm³/mol. The second kappa shape index (κ2) is 11.5. The Bertz CT molecular complexity index is 1240. The molecule has 0 spiro atoms. The fraction of sp³-hybridized carbons (Fsp3) is 0.500. The van der Waals surface area contributed by atoms with E-state index in [4.69, 9.17) is 21.1 Å². The summed E-state index contributed by atoms with van der Waals surface area (Å²) < 4.78 is 24.4. The van der Waals surface area contributed by atoms with Gasteiger partial charge in [-0.2, -0.15) is 0 Å². The van der Waals surface area contributed by atoms with Crippen LogP contribution in [0.4, 0.5) is 9.18 Å². The quantitative estimate of drug-likeness (QED) is 0.534. The molecule has 8 nitrogen and oxygen atoms in total. The first-order chi connectivity index (χ1) is 19.2. The Kier molecular flexibility index (Phi) is 8.17. The Balaban J connectivity index is 1.43. The highest BCUT2D eigenvalue weighted by molar-refractivity contribution is 6.30. The molecule has 3 fully saturated rings. The van der Waals surface area contributed by atoms with Gasteiger partial charge in [0.05, 0.1) is 18.6 Å². The van der Waals surface area contributed by atoms with Gasteiger partial charge in [0.2, 0.25) is 5.91 Å². The van der Waals surface area contributed by atoms with Gasteiger partial charge in [0.25, 0.3) is 0 Å². The number of hydrogen-bond donors (Lipinski definition) is 1. The van der Waals surface area contributed by atoms with Gasteiger partial charge >= 0.3 is 6.09 Å². The summed E-state index contributed by atoms with van der Waals surface area (Å²) in [4.78, 5) is 44.7. The molecule has 2 amide bonds. The molecule has 3 aliphatic rings. The largest absolute Gasteiger partial charge is 0.416 e. The summed E-state index contributed by atoms with van der Waals surface area (Å²) in [6.07, 6.45) is 0.359. The van der Waals surface area contributed by atoms with E-state index in [0.29, 0.717) is 50.7 Å². The van der Waals surface area contributed by atoms with E-state index in [1.54, 1.807) is 12.1 Å². The zero-order valence-electron chi connectivity index (χ0n) is 22.8. The Hall–Kier alpha value is -3.01. The van der Waals surface area contributed by atoms with Crippen LogP contribution in [0.5, 0.6) is 5.75 Å². The van der Waals surface area contributed by atoms with Gasteiger partial charge in [0.15, 0.2) is 5.78 Å². The second-order valence-corrected chi connectivity index (χ2v) is 11.6. The van der Waals surface area contributed by atoms with Crippen LogP contribution in [-0.2, 0) is 14.3 Å². The number of benzene rings is 2.